The molecule has 8 nitrogen and oxygen atoms in total. The van der Waals surface area contributed by atoms with Gasteiger partial charge in [0.2, 0.25) is 17.2 Å². The van der Waals surface area contributed by atoms with E-state index in [2.05, 4.69) is 15.9 Å². The standard InChI is InChI=1S/C13H11BrO8/c1-2-5(14)10(19)7(16)3(6(2)15)4-8(17)11(20)13(22)12(21)9(4)18/h15-22H,1H3. The van der Waals surface area contributed by atoms with Crippen LogP contribution in [0.25, 0.3) is 11.1 Å². The van der Waals surface area contributed by atoms with Crippen LogP contribution in [0.1, 0.15) is 5.56 Å². The number of aromatic hydroxyl groups is 8. The van der Waals surface area contributed by atoms with E-state index < -0.39 is 57.1 Å². The van der Waals surface area contributed by atoms with Gasteiger partial charge in [-0.3, -0.25) is 0 Å². The van der Waals surface area contributed by atoms with Crippen molar-refractivity contribution < 1.29 is 40.9 Å². The Kier molecular flexibility index (Phi) is 3.53. The summed E-state index contributed by atoms with van der Waals surface area (Å²) in [5, 5.41) is 77.9. The third-order valence-electron chi connectivity index (χ3n) is 3.21. The fourth-order valence-corrected chi connectivity index (χ4v) is 2.34. The first-order valence-electron chi connectivity index (χ1n) is 5.73. The van der Waals surface area contributed by atoms with E-state index >= 15 is 0 Å². The summed E-state index contributed by atoms with van der Waals surface area (Å²) in [4.78, 5) is 0. The molecule has 0 radical (unpaired) electrons. The van der Waals surface area contributed by atoms with Crippen molar-refractivity contribution >= 4 is 15.9 Å². The van der Waals surface area contributed by atoms with E-state index in [1.54, 1.807) is 0 Å². The summed E-state index contributed by atoms with van der Waals surface area (Å²) >= 11 is 2.93. The summed E-state index contributed by atoms with van der Waals surface area (Å²) in [7, 11) is 0. The van der Waals surface area contributed by atoms with Crippen molar-refractivity contribution in [3.05, 3.63) is 10.0 Å². The maximum Gasteiger partial charge on any atom is 0.208 e. The molecule has 0 bridgehead atoms. The van der Waals surface area contributed by atoms with Gasteiger partial charge in [0.25, 0.3) is 0 Å². The topological polar surface area (TPSA) is 162 Å². The fourth-order valence-electron chi connectivity index (χ4n) is 1.96. The maximum atomic E-state index is 10.1. The Morgan fingerprint density at radius 3 is 1.27 bits per heavy atom. The molecule has 0 aliphatic rings. The van der Waals surface area contributed by atoms with Gasteiger partial charge in [0.15, 0.2) is 23.0 Å². The van der Waals surface area contributed by atoms with Crippen molar-refractivity contribution in [1.29, 1.82) is 0 Å². The van der Waals surface area contributed by atoms with Gasteiger partial charge in [-0.2, -0.15) is 0 Å². The summed E-state index contributed by atoms with van der Waals surface area (Å²) in [5.41, 5.74) is -1.36. The van der Waals surface area contributed by atoms with Crippen LogP contribution in [0.5, 0.6) is 46.0 Å². The molecule has 9 heteroatoms. The van der Waals surface area contributed by atoms with Gasteiger partial charge in [-0.05, 0) is 22.9 Å². The van der Waals surface area contributed by atoms with Crippen LogP contribution >= 0.6 is 15.9 Å². The lowest BCUT2D eigenvalue weighted by molar-refractivity contribution is 0.329. The molecule has 0 fully saturated rings. The van der Waals surface area contributed by atoms with Crippen molar-refractivity contribution in [2.75, 3.05) is 0 Å². The first kappa shape index (κ1) is 15.7. The molecule has 22 heavy (non-hydrogen) atoms. The number of hydrogen-bond donors (Lipinski definition) is 8. The lowest BCUT2D eigenvalue weighted by atomic mass is 9.97. The molecule has 0 spiro atoms. The molecule has 0 aliphatic carbocycles. The van der Waals surface area contributed by atoms with E-state index in [1.807, 2.05) is 0 Å². The zero-order valence-corrected chi connectivity index (χ0v) is 12.5. The summed E-state index contributed by atoms with van der Waals surface area (Å²) in [6, 6.07) is 0. The first-order chi connectivity index (χ1) is 10.1. The highest BCUT2D eigenvalue weighted by Gasteiger charge is 2.30. The van der Waals surface area contributed by atoms with Crippen LogP contribution in [0.3, 0.4) is 0 Å². The second-order valence-electron chi connectivity index (χ2n) is 4.48. The largest absolute Gasteiger partial charge is 0.507 e. The van der Waals surface area contributed by atoms with E-state index in [0.717, 1.165) is 0 Å². The van der Waals surface area contributed by atoms with Crippen LogP contribution in [0, 0.1) is 6.92 Å². The normalized spacial score (nSPS) is 10.8. The second kappa shape index (κ2) is 4.95. The van der Waals surface area contributed by atoms with Gasteiger partial charge in [0, 0.05) is 5.56 Å². The van der Waals surface area contributed by atoms with Gasteiger partial charge in [0.1, 0.15) is 5.75 Å². The van der Waals surface area contributed by atoms with E-state index in [0.29, 0.717) is 0 Å². The van der Waals surface area contributed by atoms with Gasteiger partial charge in [0.05, 0.1) is 15.6 Å². The number of phenolic OH excluding ortho intramolecular Hbond substituents is 8. The molecule has 0 saturated carbocycles. The van der Waals surface area contributed by atoms with Gasteiger partial charge in [-0.15, -0.1) is 0 Å². The Balaban J connectivity index is 3.03. The summed E-state index contributed by atoms with van der Waals surface area (Å²) in [5.74, 6) is -8.03. The molecule has 8 N–H and O–H groups in total. The van der Waals surface area contributed by atoms with Crippen LogP contribution in [0.4, 0.5) is 0 Å². The molecule has 2 aromatic carbocycles. The molecular weight excluding hydrogens is 364 g/mol. The minimum Gasteiger partial charge on any atom is -0.507 e. The third-order valence-corrected chi connectivity index (χ3v) is 4.18. The zero-order chi connectivity index (χ0) is 16.9. The second-order valence-corrected chi connectivity index (χ2v) is 5.27. The highest BCUT2D eigenvalue weighted by atomic mass is 79.9. The van der Waals surface area contributed by atoms with Crippen LogP contribution in [0.15, 0.2) is 4.47 Å². The van der Waals surface area contributed by atoms with Gasteiger partial charge >= 0.3 is 0 Å². The summed E-state index contributed by atoms with van der Waals surface area (Å²) in [6.45, 7) is 1.36. The number of hydrogen-bond acceptors (Lipinski definition) is 8. The van der Waals surface area contributed by atoms with Crippen molar-refractivity contribution in [1.82, 2.24) is 0 Å². The molecule has 0 heterocycles. The van der Waals surface area contributed by atoms with Gasteiger partial charge < -0.3 is 40.9 Å². The van der Waals surface area contributed by atoms with Gasteiger partial charge in [-0.1, -0.05) is 0 Å². The molecule has 0 amide bonds. The van der Waals surface area contributed by atoms with E-state index in [1.165, 1.54) is 6.92 Å². The summed E-state index contributed by atoms with van der Waals surface area (Å²) in [6.07, 6.45) is 0. The van der Waals surface area contributed by atoms with Crippen LogP contribution in [-0.2, 0) is 0 Å². The molecular formula is C13H11BrO8. The predicted octanol–water partition coefficient (Wildman–Crippen LogP) is 2.07. The number of benzene rings is 2. The van der Waals surface area contributed by atoms with E-state index in [4.69, 9.17) is 0 Å². The lowest BCUT2D eigenvalue weighted by Crippen LogP contribution is -1.90. The molecule has 118 valence electrons. The Morgan fingerprint density at radius 1 is 0.500 bits per heavy atom. The maximum absolute atomic E-state index is 10.1. The Hall–Kier alpha value is -2.68. The van der Waals surface area contributed by atoms with Crippen molar-refractivity contribution in [2.45, 2.75) is 6.92 Å². The lowest BCUT2D eigenvalue weighted by Gasteiger charge is -2.17. The fraction of sp³-hybridized carbons (Fsp3) is 0.0769. The molecule has 0 saturated heterocycles. The zero-order valence-electron chi connectivity index (χ0n) is 11.0. The molecule has 2 aromatic rings. The number of halogens is 1. The smallest absolute Gasteiger partial charge is 0.208 e. The minimum absolute atomic E-state index is 0.0301. The Labute approximate surface area is 131 Å². The molecule has 0 aliphatic heterocycles. The number of phenols is 8. The monoisotopic (exact) mass is 374 g/mol. The molecule has 0 atom stereocenters. The van der Waals surface area contributed by atoms with Gasteiger partial charge in [-0.25, -0.2) is 0 Å². The molecule has 2 rings (SSSR count). The Bertz CT molecular complexity index is 674. The Morgan fingerprint density at radius 2 is 0.818 bits per heavy atom. The van der Waals surface area contributed by atoms with E-state index in [-0.39, 0.29) is 10.0 Å². The highest BCUT2D eigenvalue weighted by molar-refractivity contribution is 9.10. The third kappa shape index (κ3) is 1.90. The minimum atomic E-state index is -1.18. The quantitative estimate of drug-likeness (QED) is 0.277. The van der Waals surface area contributed by atoms with Crippen LogP contribution in [-0.4, -0.2) is 40.9 Å². The molecule has 0 unspecified atom stereocenters. The summed E-state index contributed by atoms with van der Waals surface area (Å²) < 4.78 is -0.0301. The van der Waals surface area contributed by atoms with Crippen molar-refractivity contribution in [3.63, 3.8) is 0 Å². The van der Waals surface area contributed by atoms with Crippen LogP contribution < -0.4 is 0 Å². The predicted molar refractivity (Wildman–Crippen MR) is 77.6 cm³/mol. The molecule has 0 aromatic heterocycles. The first-order valence-corrected chi connectivity index (χ1v) is 6.52. The van der Waals surface area contributed by atoms with E-state index in [9.17, 15) is 40.9 Å². The average molecular weight is 375 g/mol. The number of rotatable bonds is 1. The SMILES string of the molecule is Cc1c(O)c(-c2c(O)c(O)c(O)c(O)c2O)c(O)c(O)c1Br. The highest BCUT2D eigenvalue weighted by Crippen LogP contribution is 2.60. The van der Waals surface area contributed by atoms with Crippen molar-refractivity contribution in [2.24, 2.45) is 0 Å². The van der Waals surface area contributed by atoms with Crippen molar-refractivity contribution in [3.8, 4) is 57.1 Å². The average Bonchev–Trinajstić information content (AvgIpc) is 2.50. The van der Waals surface area contributed by atoms with Crippen LogP contribution in [0.2, 0.25) is 0 Å².